The van der Waals surface area contributed by atoms with Crippen LogP contribution < -0.4 is 14.8 Å². The van der Waals surface area contributed by atoms with E-state index in [-0.39, 0.29) is 5.91 Å². The Hall–Kier alpha value is -1.99. The van der Waals surface area contributed by atoms with Crippen LogP contribution in [0.25, 0.3) is 0 Å². The van der Waals surface area contributed by atoms with Crippen LogP contribution in [-0.4, -0.2) is 51.3 Å². The predicted octanol–water partition coefficient (Wildman–Crippen LogP) is 4.02. The van der Waals surface area contributed by atoms with E-state index in [2.05, 4.69) is 5.32 Å². The second-order valence-corrected chi connectivity index (χ2v) is 7.12. The Labute approximate surface area is 174 Å². The van der Waals surface area contributed by atoms with E-state index >= 15 is 0 Å². The van der Waals surface area contributed by atoms with E-state index in [0.717, 1.165) is 0 Å². The van der Waals surface area contributed by atoms with Crippen LogP contribution in [0, 0.1) is 0 Å². The van der Waals surface area contributed by atoms with Crippen molar-refractivity contribution in [1.29, 1.82) is 0 Å². The maximum atomic E-state index is 13.3. The zero-order chi connectivity index (χ0) is 20.1. The molecule has 3 rings (SSSR count). The predicted molar refractivity (Wildman–Crippen MR) is 110 cm³/mol. The highest BCUT2D eigenvalue weighted by atomic mass is 35.5. The van der Waals surface area contributed by atoms with Crippen molar-refractivity contribution in [2.75, 3.05) is 45.8 Å². The molecule has 0 radical (unpaired) electrons. The highest BCUT2D eigenvalue weighted by Crippen LogP contribution is 2.38. The van der Waals surface area contributed by atoms with Gasteiger partial charge in [-0.15, -0.1) is 0 Å². The Morgan fingerprint density at radius 3 is 2.39 bits per heavy atom. The third kappa shape index (κ3) is 4.70. The lowest BCUT2D eigenvalue weighted by Gasteiger charge is -2.34. The van der Waals surface area contributed by atoms with Crippen molar-refractivity contribution in [3.63, 3.8) is 0 Å². The molecule has 6 nitrogen and oxygen atoms in total. The van der Waals surface area contributed by atoms with Gasteiger partial charge in [0.2, 0.25) is 5.91 Å². The lowest BCUT2D eigenvalue weighted by molar-refractivity contribution is -0.123. The molecule has 28 heavy (non-hydrogen) atoms. The lowest BCUT2D eigenvalue weighted by Crippen LogP contribution is -2.44. The molecule has 2 aromatic rings. The second-order valence-electron chi connectivity index (χ2n) is 6.28. The van der Waals surface area contributed by atoms with Gasteiger partial charge in [-0.05, 0) is 36.4 Å². The molecular weight excluding hydrogens is 403 g/mol. The van der Waals surface area contributed by atoms with Gasteiger partial charge in [0.25, 0.3) is 0 Å². The summed E-state index contributed by atoms with van der Waals surface area (Å²) in [6.45, 7) is 2.30. The van der Waals surface area contributed by atoms with Gasteiger partial charge >= 0.3 is 0 Å². The first kappa shape index (κ1) is 20.7. The van der Waals surface area contributed by atoms with Crippen molar-refractivity contribution in [1.82, 2.24) is 4.90 Å². The number of amides is 1. The number of carbonyl (C=O) groups is 1. The molecule has 1 aliphatic heterocycles. The number of benzene rings is 2. The topological polar surface area (TPSA) is 60.0 Å². The van der Waals surface area contributed by atoms with Crippen LogP contribution in [0.5, 0.6) is 11.5 Å². The minimum atomic E-state index is -0.628. The third-order valence-electron chi connectivity index (χ3n) is 4.55. The van der Waals surface area contributed by atoms with E-state index < -0.39 is 6.04 Å². The van der Waals surface area contributed by atoms with Gasteiger partial charge in [-0.2, -0.15) is 0 Å². The van der Waals surface area contributed by atoms with E-state index in [4.69, 9.17) is 37.4 Å². The Balaban J connectivity index is 1.96. The smallest absolute Gasteiger partial charge is 0.246 e. The minimum Gasteiger partial charge on any atom is -0.497 e. The van der Waals surface area contributed by atoms with Crippen molar-refractivity contribution >= 4 is 34.8 Å². The summed E-state index contributed by atoms with van der Waals surface area (Å²) in [6, 6.07) is 9.84. The van der Waals surface area contributed by atoms with Crippen molar-refractivity contribution in [3.05, 3.63) is 52.0 Å². The average molecular weight is 425 g/mol. The van der Waals surface area contributed by atoms with Crippen LogP contribution in [-0.2, 0) is 9.53 Å². The van der Waals surface area contributed by atoms with Crippen LogP contribution in [0.2, 0.25) is 10.0 Å². The number of hydrogen-bond donors (Lipinski definition) is 1. The fourth-order valence-electron chi connectivity index (χ4n) is 3.22. The zero-order valence-corrected chi connectivity index (χ0v) is 17.2. The molecule has 2 aromatic carbocycles. The van der Waals surface area contributed by atoms with Crippen LogP contribution in [0.4, 0.5) is 5.69 Å². The first-order valence-electron chi connectivity index (χ1n) is 8.83. The maximum Gasteiger partial charge on any atom is 0.246 e. The molecule has 0 saturated carbocycles. The monoisotopic (exact) mass is 424 g/mol. The molecule has 1 amide bonds. The van der Waals surface area contributed by atoms with Crippen molar-refractivity contribution in [2.45, 2.75) is 6.04 Å². The highest BCUT2D eigenvalue weighted by molar-refractivity contribution is 6.35. The van der Waals surface area contributed by atoms with Gasteiger partial charge in [-0.1, -0.05) is 23.2 Å². The van der Waals surface area contributed by atoms with E-state index in [0.29, 0.717) is 59.1 Å². The molecule has 0 spiro atoms. The zero-order valence-electron chi connectivity index (χ0n) is 15.7. The molecule has 0 aromatic heterocycles. The number of morpholine rings is 1. The molecule has 1 saturated heterocycles. The van der Waals surface area contributed by atoms with Crippen LogP contribution >= 0.6 is 23.2 Å². The largest absolute Gasteiger partial charge is 0.497 e. The van der Waals surface area contributed by atoms with Gasteiger partial charge in [0.15, 0.2) is 0 Å². The van der Waals surface area contributed by atoms with Crippen LogP contribution in [0.1, 0.15) is 11.6 Å². The molecular formula is C20H22Cl2N2O4. The molecule has 8 heteroatoms. The Bertz CT molecular complexity index is 824. The quantitative estimate of drug-likeness (QED) is 0.758. The molecule has 1 N–H and O–H groups in total. The summed E-state index contributed by atoms with van der Waals surface area (Å²) in [4.78, 5) is 15.3. The molecule has 1 unspecified atom stereocenters. The number of rotatable bonds is 6. The summed E-state index contributed by atoms with van der Waals surface area (Å²) in [7, 11) is 3.12. The minimum absolute atomic E-state index is 0.205. The summed E-state index contributed by atoms with van der Waals surface area (Å²) < 4.78 is 16.1. The van der Waals surface area contributed by atoms with Gasteiger partial charge in [0.05, 0.1) is 32.5 Å². The summed E-state index contributed by atoms with van der Waals surface area (Å²) in [5, 5.41) is 3.76. The van der Waals surface area contributed by atoms with E-state index in [1.807, 2.05) is 4.90 Å². The maximum absolute atomic E-state index is 13.3. The van der Waals surface area contributed by atoms with Crippen molar-refractivity contribution in [3.8, 4) is 11.5 Å². The van der Waals surface area contributed by atoms with E-state index in [1.54, 1.807) is 43.5 Å². The van der Waals surface area contributed by atoms with E-state index in [9.17, 15) is 4.79 Å². The molecule has 1 heterocycles. The third-order valence-corrected chi connectivity index (χ3v) is 5.05. The number of nitrogens with zero attached hydrogens (tertiary/aromatic N) is 1. The molecule has 0 bridgehead atoms. The molecule has 1 fully saturated rings. The first-order valence-corrected chi connectivity index (χ1v) is 9.58. The lowest BCUT2D eigenvalue weighted by atomic mass is 10.0. The Kier molecular flexibility index (Phi) is 7.02. The van der Waals surface area contributed by atoms with Crippen molar-refractivity contribution < 1.29 is 19.0 Å². The van der Waals surface area contributed by atoms with Crippen molar-refractivity contribution in [2.24, 2.45) is 0 Å². The molecule has 150 valence electrons. The summed E-state index contributed by atoms with van der Waals surface area (Å²) in [5.41, 5.74) is 1.28. The Morgan fingerprint density at radius 2 is 1.79 bits per heavy atom. The SMILES string of the molecule is COc1ccc(NC(=O)C(c2cc(Cl)cc(Cl)c2OC)N2CCOCC2)cc1. The van der Waals surface area contributed by atoms with Gasteiger partial charge in [-0.25, -0.2) is 0 Å². The standard InChI is InChI=1S/C20H22Cl2N2O4/c1-26-15-5-3-14(4-6-15)23-20(25)18(24-7-9-28-10-8-24)16-11-13(21)12-17(22)19(16)27-2/h3-6,11-12,18H,7-10H2,1-2H3,(H,23,25). The molecule has 0 aliphatic carbocycles. The van der Waals surface area contributed by atoms with E-state index in [1.165, 1.54) is 7.11 Å². The highest BCUT2D eigenvalue weighted by Gasteiger charge is 2.32. The summed E-state index contributed by atoms with van der Waals surface area (Å²) >= 11 is 12.5. The number of hydrogen-bond acceptors (Lipinski definition) is 5. The number of anilines is 1. The second kappa shape index (κ2) is 9.47. The fourth-order valence-corrected chi connectivity index (χ4v) is 3.81. The van der Waals surface area contributed by atoms with Crippen LogP contribution in [0.15, 0.2) is 36.4 Å². The van der Waals surface area contributed by atoms with Gasteiger partial charge < -0.3 is 19.5 Å². The fraction of sp³-hybridized carbons (Fsp3) is 0.350. The van der Waals surface area contributed by atoms with Gasteiger partial charge in [0.1, 0.15) is 17.5 Å². The van der Waals surface area contributed by atoms with Gasteiger partial charge in [-0.3, -0.25) is 9.69 Å². The average Bonchev–Trinajstić information content (AvgIpc) is 2.69. The molecule has 1 aliphatic rings. The molecule has 1 atom stereocenters. The normalized spacial score (nSPS) is 15.7. The number of ether oxygens (including phenoxy) is 3. The number of carbonyl (C=O) groups excluding carboxylic acids is 1. The number of nitrogens with one attached hydrogen (secondary N) is 1. The van der Waals surface area contributed by atoms with Crippen LogP contribution in [0.3, 0.4) is 0 Å². The number of methoxy groups -OCH3 is 2. The van der Waals surface area contributed by atoms with Gasteiger partial charge in [0, 0.05) is 29.4 Å². The summed E-state index contributed by atoms with van der Waals surface area (Å²) in [6.07, 6.45) is 0. The number of halogens is 2. The Morgan fingerprint density at radius 1 is 1.11 bits per heavy atom. The summed E-state index contributed by atoms with van der Waals surface area (Å²) in [5.74, 6) is 0.946. The first-order chi connectivity index (χ1) is 13.5.